The SMILES string of the molecule is CCCNC(=O)CCCC(=O)N1CCC(CNCC)CC1. The van der Waals surface area contributed by atoms with Crippen LogP contribution in [0.3, 0.4) is 0 Å². The number of carbonyl (C=O) groups is 2. The van der Waals surface area contributed by atoms with Crippen LogP contribution in [0.15, 0.2) is 0 Å². The molecule has 5 nitrogen and oxygen atoms in total. The van der Waals surface area contributed by atoms with Gasteiger partial charge in [-0.2, -0.15) is 0 Å². The van der Waals surface area contributed by atoms with Crippen molar-refractivity contribution >= 4 is 11.8 Å². The van der Waals surface area contributed by atoms with Crippen LogP contribution in [0.4, 0.5) is 0 Å². The highest BCUT2D eigenvalue weighted by Crippen LogP contribution is 2.17. The molecule has 1 fully saturated rings. The molecule has 2 amide bonds. The van der Waals surface area contributed by atoms with Gasteiger partial charge in [0, 0.05) is 32.5 Å². The molecule has 0 atom stereocenters. The fraction of sp³-hybridized carbons (Fsp3) is 0.875. The van der Waals surface area contributed by atoms with Gasteiger partial charge in [0.15, 0.2) is 0 Å². The topological polar surface area (TPSA) is 61.4 Å². The summed E-state index contributed by atoms with van der Waals surface area (Å²) < 4.78 is 0. The summed E-state index contributed by atoms with van der Waals surface area (Å²) in [5, 5.41) is 6.22. The third-order valence-electron chi connectivity index (χ3n) is 4.02. The fourth-order valence-electron chi connectivity index (χ4n) is 2.65. The minimum absolute atomic E-state index is 0.0639. The molecule has 0 aliphatic carbocycles. The van der Waals surface area contributed by atoms with Gasteiger partial charge in [0.05, 0.1) is 0 Å². The number of hydrogen-bond acceptors (Lipinski definition) is 3. The van der Waals surface area contributed by atoms with E-state index in [1.54, 1.807) is 0 Å². The number of piperidine rings is 1. The van der Waals surface area contributed by atoms with E-state index in [4.69, 9.17) is 0 Å². The molecule has 5 heteroatoms. The molecule has 0 radical (unpaired) electrons. The zero-order valence-corrected chi connectivity index (χ0v) is 13.6. The molecule has 0 unspecified atom stereocenters. The zero-order valence-electron chi connectivity index (χ0n) is 13.6. The van der Waals surface area contributed by atoms with E-state index in [2.05, 4.69) is 17.6 Å². The lowest BCUT2D eigenvalue weighted by Gasteiger charge is -2.32. The predicted molar refractivity (Wildman–Crippen MR) is 85.0 cm³/mol. The second kappa shape index (κ2) is 10.6. The van der Waals surface area contributed by atoms with Gasteiger partial charge in [-0.1, -0.05) is 13.8 Å². The van der Waals surface area contributed by atoms with Crippen LogP contribution < -0.4 is 10.6 Å². The first kappa shape index (κ1) is 18.0. The summed E-state index contributed by atoms with van der Waals surface area (Å²) in [6, 6.07) is 0. The monoisotopic (exact) mass is 297 g/mol. The van der Waals surface area contributed by atoms with Crippen molar-refractivity contribution in [1.82, 2.24) is 15.5 Å². The lowest BCUT2D eigenvalue weighted by Crippen LogP contribution is -2.40. The normalized spacial score (nSPS) is 16.0. The summed E-state index contributed by atoms with van der Waals surface area (Å²) >= 11 is 0. The van der Waals surface area contributed by atoms with E-state index in [-0.39, 0.29) is 11.8 Å². The number of likely N-dealkylation sites (tertiary alicyclic amines) is 1. The van der Waals surface area contributed by atoms with Gasteiger partial charge < -0.3 is 15.5 Å². The molecule has 1 saturated heterocycles. The van der Waals surface area contributed by atoms with Crippen LogP contribution in [-0.2, 0) is 9.59 Å². The van der Waals surface area contributed by atoms with E-state index in [9.17, 15) is 9.59 Å². The smallest absolute Gasteiger partial charge is 0.222 e. The lowest BCUT2D eigenvalue weighted by atomic mass is 9.96. The number of rotatable bonds is 9. The molecule has 1 heterocycles. The highest BCUT2D eigenvalue weighted by atomic mass is 16.2. The number of nitrogens with one attached hydrogen (secondary N) is 2. The summed E-state index contributed by atoms with van der Waals surface area (Å²) in [6.07, 6.45) is 4.75. The molecule has 0 bridgehead atoms. The molecule has 2 N–H and O–H groups in total. The van der Waals surface area contributed by atoms with Crippen molar-refractivity contribution < 1.29 is 9.59 Å². The fourth-order valence-corrected chi connectivity index (χ4v) is 2.65. The maximum absolute atomic E-state index is 12.1. The molecular weight excluding hydrogens is 266 g/mol. The van der Waals surface area contributed by atoms with E-state index >= 15 is 0 Å². The van der Waals surface area contributed by atoms with E-state index in [0.717, 1.165) is 52.0 Å². The van der Waals surface area contributed by atoms with Crippen LogP contribution >= 0.6 is 0 Å². The predicted octanol–water partition coefficient (Wildman–Crippen LogP) is 1.53. The van der Waals surface area contributed by atoms with Crippen molar-refractivity contribution in [3.63, 3.8) is 0 Å². The third kappa shape index (κ3) is 7.46. The van der Waals surface area contributed by atoms with E-state index in [1.165, 1.54) is 0 Å². The first-order valence-electron chi connectivity index (χ1n) is 8.42. The summed E-state index contributed by atoms with van der Waals surface area (Å²) in [7, 11) is 0. The Morgan fingerprint density at radius 3 is 2.48 bits per heavy atom. The van der Waals surface area contributed by atoms with Gasteiger partial charge in [0.25, 0.3) is 0 Å². The maximum Gasteiger partial charge on any atom is 0.222 e. The van der Waals surface area contributed by atoms with Crippen LogP contribution in [0, 0.1) is 5.92 Å². The van der Waals surface area contributed by atoms with Crippen molar-refractivity contribution in [2.24, 2.45) is 5.92 Å². The lowest BCUT2D eigenvalue weighted by molar-refractivity contribution is -0.132. The molecule has 0 aromatic rings. The molecule has 0 spiro atoms. The average molecular weight is 297 g/mol. The second-order valence-corrected chi connectivity index (χ2v) is 5.84. The third-order valence-corrected chi connectivity index (χ3v) is 4.02. The van der Waals surface area contributed by atoms with Crippen LogP contribution in [-0.4, -0.2) is 49.4 Å². The molecule has 1 aliphatic rings. The highest BCUT2D eigenvalue weighted by Gasteiger charge is 2.22. The molecular formula is C16H31N3O2. The Balaban J connectivity index is 2.12. The molecule has 0 saturated carbocycles. The molecule has 0 aromatic heterocycles. The Kier molecular flexibility index (Phi) is 9.06. The van der Waals surface area contributed by atoms with Crippen molar-refractivity contribution in [3.05, 3.63) is 0 Å². The van der Waals surface area contributed by atoms with Crippen LogP contribution in [0.25, 0.3) is 0 Å². The van der Waals surface area contributed by atoms with Gasteiger partial charge in [0.2, 0.25) is 11.8 Å². The molecule has 122 valence electrons. The maximum atomic E-state index is 12.1. The van der Waals surface area contributed by atoms with Crippen molar-refractivity contribution in [1.29, 1.82) is 0 Å². The van der Waals surface area contributed by atoms with Crippen LogP contribution in [0.1, 0.15) is 52.4 Å². The van der Waals surface area contributed by atoms with E-state index in [0.29, 0.717) is 25.2 Å². The van der Waals surface area contributed by atoms with Crippen molar-refractivity contribution in [3.8, 4) is 0 Å². The van der Waals surface area contributed by atoms with Gasteiger partial charge in [0.1, 0.15) is 0 Å². The number of nitrogens with zero attached hydrogens (tertiary/aromatic N) is 1. The van der Waals surface area contributed by atoms with Crippen LogP contribution in [0.5, 0.6) is 0 Å². The van der Waals surface area contributed by atoms with Gasteiger partial charge in [-0.3, -0.25) is 9.59 Å². The molecule has 1 aliphatic heterocycles. The quantitative estimate of drug-likeness (QED) is 0.678. The minimum Gasteiger partial charge on any atom is -0.356 e. The van der Waals surface area contributed by atoms with E-state index < -0.39 is 0 Å². The largest absolute Gasteiger partial charge is 0.356 e. The summed E-state index contributed by atoms with van der Waals surface area (Å²) in [6.45, 7) is 8.70. The Labute approximate surface area is 128 Å². The minimum atomic E-state index is 0.0639. The Hall–Kier alpha value is -1.10. The molecule has 1 rings (SSSR count). The highest BCUT2D eigenvalue weighted by molar-refractivity contribution is 5.79. The van der Waals surface area contributed by atoms with Crippen molar-refractivity contribution in [2.75, 3.05) is 32.7 Å². The van der Waals surface area contributed by atoms with E-state index in [1.807, 2.05) is 11.8 Å². The summed E-state index contributed by atoms with van der Waals surface area (Å²) in [4.78, 5) is 25.5. The summed E-state index contributed by atoms with van der Waals surface area (Å²) in [5.74, 6) is 0.975. The average Bonchev–Trinajstić information content (AvgIpc) is 2.51. The number of carbonyl (C=O) groups excluding carboxylic acids is 2. The first-order chi connectivity index (χ1) is 10.2. The Morgan fingerprint density at radius 2 is 1.86 bits per heavy atom. The summed E-state index contributed by atoms with van der Waals surface area (Å²) in [5.41, 5.74) is 0. The number of hydrogen-bond donors (Lipinski definition) is 2. The molecule has 0 aromatic carbocycles. The molecule has 21 heavy (non-hydrogen) atoms. The zero-order chi connectivity index (χ0) is 15.5. The van der Waals surface area contributed by atoms with Crippen LogP contribution in [0.2, 0.25) is 0 Å². The number of amides is 2. The standard InChI is InChI=1S/C16H31N3O2/c1-3-10-18-15(20)6-5-7-16(21)19-11-8-14(9-12-19)13-17-4-2/h14,17H,3-13H2,1-2H3,(H,18,20). The van der Waals surface area contributed by atoms with Crippen molar-refractivity contribution in [2.45, 2.75) is 52.4 Å². The Morgan fingerprint density at radius 1 is 1.14 bits per heavy atom. The van der Waals surface area contributed by atoms with Gasteiger partial charge in [-0.25, -0.2) is 0 Å². The Bertz CT molecular complexity index is 313. The second-order valence-electron chi connectivity index (χ2n) is 5.84. The van der Waals surface area contributed by atoms with Gasteiger partial charge in [-0.15, -0.1) is 0 Å². The van der Waals surface area contributed by atoms with Gasteiger partial charge >= 0.3 is 0 Å². The van der Waals surface area contributed by atoms with Gasteiger partial charge in [-0.05, 0) is 44.7 Å². The first-order valence-corrected chi connectivity index (χ1v) is 8.42.